The van der Waals surface area contributed by atoms with E-state index in [-0.39, 0.29) is 5.91 Å². The van der Waals surface area contributed by atoms with Crippen LogP contribution in [0.15, 0.2) is 71.6 Å². The van der Waals surface area contributed by atoms with Crippen LogP contribution in [-0.2, 0) is 20.7 Å². The molecule has 0 saturated heterocycles. The SMILES string of the molecule is COc1ccc([C@H]2Sc3ccccc3N(CC[N+](C)(C)CCc3cc(OC)cc(OC)c3)C(=O)[C@H]2OC(C)=O)cc1. The fourth-order valence-corrected chi connectivity index (χ4v) is 6.18. The largest absolute Gasteiger partial charge is 0.497 e. The molecule has 1 amide bonds. The molecule has 1 aliphatic rings. The number of carbonyl (C=O) groups excluding carboxylic acids is 2. The number of likely N-dealkylation sites (N-methyl/N-ethyl adjacent to an activating group) is 1. The minimum Gasteiger partial charge on any atom is -0.497 e. The first-order valence-corrected chi connectivity index (χ1v) is 14.4. The van der Waals surface area contributed by atoms with Crippen LogP contribution in [0.25, 0.3) is 0 Å². The van der Waals surface area contributed by atoms with Crippen molar-refractivity contribution in [2.24, 2.45) is 0 Å². The smallest absolute Gasteiger partial charge is 0.303 e. The summed E-state index contributed by atoms with van der Waals surface area (Å²) in [5, 5.41) is -0.408. The zero-order chi connectivity index (χ0) is 29.6. The van der Waals surface area contributed by atoms with E-state index in [0.717, 1.165) is 51.9 Å². The van der Waals surface area contributed by atoms with Crippen molar-refractivity contribution >= 4 is 29.3 Å². The molecule has 0 bridgehead atoms. The molecule has 3 aromatic carbocycles. The summed E-state index contributed by atoms with van der Waals surface area (Å²) in [4.78, 5) is 29.1. The number of hydrogen-bond donors (Lipinski definition) is 0. The standard InChI is InChI=1S/C32H39N2O6S/c1-22(35)40-30-31(24-11-13-25(37-4)14-12-24)41-29-10-8-7-9-28(29)33(32(30)36)16-18-34(2,3)17-15-23-19-26(38-5)21-27(20-23)39-6/h7-14,19-21,30-31H,15-18H2,1-6H3/q+1/t30-,31+/m0/s1. The van der Waals surface area contributed by atoms with Crippen LogP contribution in [0.3, 0.4) is 0 Å². The maximum atomic E-state index is 14.2. The molecule has 0 aromatic heterocycles. The molecule has 2 atom stereocenters. The quantitative estimate of drug-likeness (QED) is 0.230. The third-order valence-electron chi connectivity index (χ3n) is 7.28. The van der Waals surface area contributed by atoms with Gasteiger partial charge in [0.15, 0.2) is 6.10 Å². The van der Waals surface area contributed by atoms with Gasteiger partial charge in [0.1, 0.15) is 17.2 Å². The van der Waals surface area contributed by atoms with Gasteiger partial charge in [0.05, 0.1) is 66.0 Å². The molecule has 0 spiro atoms. The van der Waals surface area contributed by atoms with Crippen molar-refractivity contribution in [1.29, 1.82) is 0 Å². The Balaban J connectivity index is 1.57. The normalized spacial score (nSPS) is 16.9. The van der Waals surface area contributed by atoms with Crippen molar-refractivity contribution in [2.45, 2.75) is 29.6 Å². The third kappa shape index (κ3) is 7.54. The first kappa shape index (κ1) is 30.3. The average molecular weight is 580 g/mol. The highest BCUT2D eigenvalue weighted by atomic mass is 32.2. The van der Waals surface area contributed by atoms with Crippen molar-refractivity contribution in [3.05, 3.63) is 77.9 Å². The number of ether oxygens (including phenoxy) is 4. The second kappa shape index (κ2) is 13.3. The molecule has 0 aliphatic carbocycles. The van der Waals surface area contributed by atoms with E-state index in [4.69, 9.17) is 18.9 Å². The number of fused-ring (bicyclic) bond motifs is 1. The van der Waals surface area contributed by atoms with E-state index >= 15 is 0 Å². The third-order valence-corrected chi connectivity index (χ3v) is 8.65. The van der Waals surface area contributed by atoms with Crippen molar-refractivity contribution in [3.63, 3.8) is 0 Å². The maximum absolute atomic E-state index is 14.2. The summed E-state index contributed by atoms with van der Waals surface area (Å²) in [7, 11) is 9.22. The number of rotatable bonds is 11. The highest BCUT2D eigenvalue weighted by molar-refractivity contribution is 7.99. The lowest BCUT2D eigenvalue weighted by molar-refractivity contribution is -0.888. The van der Waals surface area contributed by atoms with Gasteiger partial charge in [0.2, 0.25) is 0 Å². The van der Waals surface area contributed by atoms with Gasteiger partial charge in [0.25, 0.3) is 5.91 Å². The van der Waals surface area contributed by atoms with Gasteiger partial charge in [0, 0.05) is 24.3 Å². The molecule has 41 heavy (non-hydrogen) atoms. The zero-order valence-electron chi connectivity index (χ0n) is 24.6. The lowest BCUT2D eigenvalue weighted by Gasteiger charge is -2.34. The summed E-state index contributed by atoms with van der Waals surface area (Å²) in [5.74, 6) is 1.53. The Labute approximate surface area is 246 Å². The van der Waals surface area contributed by atoms with E-state index in [2.05, 4.69) is 14.1 Å². The number of thioether (sulfide) groups is 1. The molecule has 8 nitrogen and oxygen atoms in total. The van der Waals surface area contributed by atoms with Crippen LogP contribution in [0.2, 0.25) is 0 Å². The van der Waals surface area contributed by atoms with E-state index in [9.17, 15) is 9.59 Å². The first-order chi connectivity index (χ1) is 19.6. The molecule has 1 aliphatic heterocycles. The Morgan fingerprint density at radius 2 is 1.51 bits per heavy atom. The van der Waals surface area contributed by atoms with Gasteiger partial charge in [-0.05, 0) is 47.5 Å². The van der Waals surface area contributed by atoms with E-state index in [1.54, 1.807) is 38.0 Å². The number of amides is 1. The van der Waals surface area contributed by atoms with Crippen LogP contribution >= 0.6 is 11.8 Å². The Hall–Kier alpha value is -3.69. The maximum Gasteiger partial charge on any atom is 0.303 e. The summed E-state index contributed by atoms with van der Waals surface area (Å²) >= 11 is 1.54. The lowest BCUT2D eigenvalue weighted by Crippen LogP contribution is -2.50. The van der Waals surface area contributed by atoms with Crippen molar-refractivity contribution in [3.8, 4) is 17.2 Å². The van der Waals surface area contributed by atoms with Gasteiger partial charge in [-0.1, -0.05) is 24.3 Å². The minimum atomic E-state index is -0.974. The van der Waals surface area contributed by atoms with E-state index in [0.29, 0.717) is 17.6 Å². The molecule has 0 N–H and O–H groups in total. The van der Waals surface area contributed by atoms with E-state index < -0.39 is 17.3 Å². The zero-order valence-corrected chi connectivity index (χ0v) is 25.4. The second-order valence-corrected chi connectivity index (χ2v) is 11.8. The molecule has 0 unspecified atom stereocenters. The molecule has 9 heteroatoms. The number of hydrogen-bond acceptors (Lipinski definition) is 7. The number of benzene rings is 3. The van der Waals surface area contributed by atoms with Crippen LogP contribution in [-0.4, -0.2) is 77.5 Å². The summed E-state index contributed by atoms with van der Waals surface area (Å²) in [5.41, 5.74) is 2.84. The summed E-state index contributed by atoms with van der Waals surface area (Å²) in [6, 6.07) is 21.4. The molecule has 0 radical (unpaired) electrons. The minimum absolute atomic E-state index is 0.226. The fourth-order valence-electron chi connectivity index (χ4n) is 4.86. The van der Waals surface area contributed by atoms with Gasteiger partial charge >= 0.3 is 5.97 Å². The van der Waals surface area contributed by atoms with E-state index in [1.165, 1.54) is 6.92 Å². The van der Waals surface area contributed by atoms with Gasteiger partial charge in [-0.15, -0.1) is 11.8 Å². The first-order valence-electron chi connectivity index (χ1n) is 13.6. The number of methoxy groups -OCH3 is 3. The van der Waals surface area contributed by atoms with Crippen molar-refractivity contribution in [1.82, 2.24) is 0 Å². The lowest BCUT2D eigenvalue weighted by atomic mass is 10.1. The molecular weight excluding hydrogens is 540 g/mol. The van der Waals surface area contributed by atoms with Gasteiger partial charge < -0.3 is 28.3 Å². The van der Waals surface area contributed by atoms with Crippen LogP contribution in [0.5, 0.6) is 17.2 Å². The average Bonchev–Trinajstić information content (AvgIpc) is 3.08. The summed E-state index contributed by atoms with van der Waals surface area (Å²) < 4.78 is 22.6. The Bertz CT molecular complexity index is 1340. The highest BCUT2D eigenvalue weighted by Crippen LogP contribution is 2.47. The summed E-state index contributed by atoms with van der Waals surface area (Å²) in [6.45, 7) is 3.36. The number of quaternary nitrogens is 1. The molecule has 4 rings (SSSR count). The Morgan fingerprint density at radius 3 is 2.12 bits per heavy atom. The summed E-state index contributed by atoms with van der Waals surface area (Å²) in [6.07, 6.45) is -0.158. The molecule has 218 valence electrons. The Morgan fingerprint density at radius 1 is 0.878 bits per heavy atom. The number of para-hydroxylation sites is 1. The molecular formula is C32H39N2O6S+. The van der Waals surface area contributed by atoms with Crippen LogP contribution in [0, 0.1) is 0 Å². The molecule has 0 fully saturated rings. The van der Waals surface area contributed by atoms with Gasteiger partial charge in [-0.3, -0.25) is 9.59 Å². The monoisotopic (exact) mass is 579 g/mol. The van der Waals surface area contributed by atoms with Gasteiger partial charge in [-0.25, -0.2) is 0 Å². The molecule has 0 saturated carbocycles. The van der Waals surface area contributed by atoms with Crippen LogP contribution in [0.4, 0.5) is 5.69 Å². The number of carbonyl (C=O) groups is 2. The van der Waals surface area contributed by atoms with Crippen molar-refractivity contribution in [2.75, 3.05) is 60.0 Å². The van der Waals surface area contributed by atoms with E-state index in [1.807, 2.05) is 66.7 Å². The Kier molecular flexibility index (Phi) is 9.83. The number of nitrogens with zero attached hydrogens (tertiary/aromatic N) is 2. The predicted molar refractivity (Wildman–Crippen MR) is 161 cm³/mol. The predicted octanol–water partition coefficient (Wildman–Crippen LogP) is 5.14. The van der Waals surface area contributed by atoms with Crippen molar-refractivity contribution < 1.29 is 33.0 Å². The topological polar surface area (TPSA) is 74.3 Å². The highest BCUT2D eigenvalue weighted by Gasteiger charge is 2.41. The number of esters is 1. The second-order valence-electron chi connectivity index (χ2n) is 10.7. The van der Waals surface area contributed by atoms with Gasteiger partial charge in [-0.2, -0.15) is 0 Å². The number of anilines is 1. The fraction of sp³-hybridized carbons (Fsp3) is 0.375. The molecule has 3 aromatic rings. The van der Waals surface area contributed by atoms with Crippen LogP contribution < -0.4 is 19.1 Å². The molecule has 1 heterocycles. The van der Waals surface area contributed by atoms with Crippen LogP contribution in [0.1, 0.15) is 23.3 Å².